The Kier molecular flexibility index (Phi) is 3.38. The zero-order valence-corrected chi connectivity index (χ0v) is 9.72. The fourth-order valence-corrected chi connectivity index (χ4v) is 2.13. The largest absolute Gasteiger partial charge is 0.573 e. The van der Waals surface area contributed by atoms with Gasteiger partial charge in [-0.1, -0.05) is 12.1 Å². The number of hydrogen-bond acceptors (Lipinski definition) is 3. The smallest absolute Gasteiger partial charge is 0.406 e. The first-order valence-corrected chi connectivity index (χ1v) is 5.76. The van der Waals surface area contributed by atoms with Gasteiger partial charge in [0.15, 0.2) is 6.29 Å². The predicted octanol–water partition coefficient (Wildman–Crippen LogP) is 4.13. The van der Waals surface area contributed by atoms with Gasteiger partial charge in [-0.2, -0.15) is 0 Å². The van der Waals surface area contributed by atoms with Crippen molar-refractivity contribution >= 4 is 17.6 Å². The van der Waals surface area contributed by atoms with E-state index in [-0.39, 0.29) is 5.75 Å². The number of aldehydes is 1. The van der Waals surface area contributed by atoms with Crippen molar-refractivity contribution in [2.24, 2.45) is 0 Å². The van der Waals surface area contributed by atoms with Gasteiger partial charge in [-0.25, -0.2) is 0 Å². The summed E-state index contributed by atoms with van der Waals surface area (Å²) in [5.41, 5.74) is 1.52. The summed E-state index contributed by atoms with van der Waals surface area (Å²) in [6.45, 7) is 0. The number of hydrogen-bond donors (Lipinski definition) is 0. The third-order valence-corrected chi connectivity index (χ3v) is 3.02. The average Bonchev–Trinajstić information content (AvgIpc) is 2.76. The molecule has 0 amide bonds. The Morgan fingerprint density at radius 2 is 1.78 bits per heavy atom. The summed E-state index contributed by atoms with van der Waals surface area (Å²) in [5.74, 6) is -0.267. The number of carbonyl (C=O) groups excluding carboxylic acids is 1. The van der Waals surface area contributed by atoms with E-state index in [1.54, 1.807) is 11.4 Å². The zero-order valence-electron chi connectivity index (χ0n) is 8.90. The first-order valence-electron chi connectivity index (χ1n) is 4.88. The van der Waals surface area contributed by atoms with Crippen LogP contribution < -0.4 is 4.74 Å². The molecule has 0 atom stereocenters. The second-order valence-electron chi connectivity index (χ2n) is 3.43. The number of ether oxygens (including phenoxy) is 1. The molecule has 2 rings (SSSR count). The van der Waals surface area contributed by atoms with Gasteiger partial charge in [-0.15, -0.1) is 24.5 Å². The van der Waals surface area contributed by atoms with Crippen LogP contribution in [0.25, 0.3) is 11.1 Å². The van der Waals surface area contributed by atoms with E-state index in [1.165, 1.54) is 35.6 Å². The number of thiophene rings is 1. The summed E-state index contributed by atoms with van der Waals surface area (Å²) in [4.78, 5) is 11.1. The standard InChI is InChI=1S/C12H7F3O2S/c13-12(14,15)17-10-3-1-8(2-4-10)9-5-11(6-16)18-7-9/h1-7H. The molecule has 2 aromatic rings. The van der Waals surface area contributed by atoms with Crippen molar-refractivity contribution in [1.82, 2.24) is 0 Å². The van der Waals surface area contributed by atoms with Crippen LogP contribution in [0.3, 0.4) is 0 Å². The highest BCUT2D eigenvalue weighted by atomic mass is 32.1. The molecule has 0 unspecified atom stereocenters. The molecule has 0 spiro atoms. The van der Waals surface area contributed by atoms with Crippen molar-refractivity contribution in [1.29, 1.82) is 0 Å². The Morgan fingerprint density at radius 3 is 2.28 bits per heavy atom. The molecular weight excluding hydrogens is 265 g/mol. The Morgan fingerprint density at radius 1 is 1.11 bits per heavy atom. The molecule has 18 heavy (non-hydrogen) atoms. The molecule has 2 nitrogen and oxygen atoms in total. The molecule has 0 bridgehead atoms. The van der Waals surface area contributed by atoms with Crippen LogP contribution in [0.4, 0.5) is 13.2 Å². The van der Waals surface area contributed by atoms with Gasteiger partial charge in [0.1, 0.15) is 5.75 Å². The van der Waals surface area contributed by atoms with Crippen LogP contribution in [0.2, 0.25) is 0 Å². The Balaban J connectivity index is 2.19. The van der Waals surface area contributed by atoms with Gasteiger partial charge in [-0.3, -0.25) is 4.79 Å². The number of halogens is 3. The molecule has 0 saturated carbocycles. The lowest BCUT2D eigenvalue weighted by atomic mass is 10.1. The first-order chi connectivity index (χ1) is 8.48. The molecule has 94 valence electrons. The summed E-state index contributed by atoms with van der Waals surface area (Å²) in [5, 5.41) is 1.77. The van der Waals surface area contributed by atoms with Crippen molar-refractivity contribution in [3.8, 4) is 16.9 Å². The van der Waals surface area contributed by atoms with Gasteiger partial charge in [0.25, 0.3) is 0 Å². The van der Waals surface area contributed by atoms with Crippen molar-refractivity contribution in [3.05, 3.63) is 40.6 Å². The monoisotopic (exact) mass is 272 g/mol. The highest BCUT2D eigenvalue weighted by Crippen LogP contribution is 2.28. The van der Waals surface area contributed by atoms with E-state index in [1.807, 2.05) is 0 Å². The summed E-state index contributed by atoms with van der Waals surface area (Å²) in [6, 6.07) is 7.18. The number of benzene rings is 1. The molecule has 1 aromatic carbocycles. The summed E-state index contributed by atoms with van der Waals surface area (Å²) < 4.78 is 39.6. The van der Waals surface area contributed by atoms with Crippen LogP contribution in [0.5, 0.6) is 5.75 Å². The average molecular weight is 272 g/mol. The molecule has 0 aliphatic carbocycles. The lowest BCUT2D eigenvalue weighted by Crippen LogP contribution is -2.16. The highest BCUT2D eigenvalue weighted by molar-refractivity contribution is 7.12. The quantitative estimate of drug-likeness (QED) is 0.785. The first kappa shape index (κ1) is 12.6. The van der Waals surface area contributed by atoms with Gasteiger partial charge in [0.2, 0.25) is 0 Å². The van der Waals surface area contributed by atoms with Crippen LogP contribution in [0, 0.1) is 0 Å². The number of rotatable bonds is 3. The molecule has 1 aromatic heterocycles. The summed E-state index contributed by atoms with van der Waals surface area (Å²) in [7, 11) is 0. The molecule has 0 N–H and O–H groups in total. The number of carbonyl (C=O) groups is 1. The van der Waals surface area contributed by atoms with Gasteiger partial charge in [0.05, 0.1) is 4.88 Å². The van der Waals surface area contributed by atoms with E-state index in [2.05, 4.69) is 4.74 Å². The Bertz CT molecular complexity index is 543. The Labute approximate surface area is 105 Å². The maximum absolute atomic E-state index is 12.0. The minimum Gasteiger partial charge on any atom is -0.406 e. The van der Waals surface area contributed by atoms with Crippen molar-refractivity contribution in [2.45, 2.75) is 6.36 Å². The van der Waals surface area contributed by atoms with E-state index in [9.17, 15) is 18.0 Å². The summed E-state index contributed by atoms with van der Waals surface area (Å²) >= 11 is 1.28. The van der Waals surface area contributed by atoms with E-state index in [4.69, 9.17) is 0 Å². The minimum absolute atomic E-state index is 0.267. The minimum atomic E-state index is -4.69. The normalized spacial score (nSPS) is 11.3. The third-order valence-electron chi connectivity index (χ3n) is 2.16. The van der Waals surface area contributed by atoms with Crippen molar-refractivity contribution in [3.63, 3.8) is 0 Å². The van der Waals surface area contributed by atoms with Crippen molar-refractivity contribution in [2.75, 3.05) is 0 Å². The molecule has 6 heteroatoms. The van der Waals surface area contributed by atoms with Gasteiger partial charge >= 0.3 is 6.36 Å². The van der Waals surface area contributed by atoms with Gasteiger partial charge in [0, 0.05) is 0 Å². The molecular formula is C12H7F3O2S. The van der Waals surface area contributed by atoms with Crippen LogP contribution in [0.1, 0.15) is 9.67 Å². The van der Waals surface area contributed by atoms with Gasteiger partial charge < -0.3 is 4.74 Å². The molecule has 0 saturated heterocycles. The fraction of sp³-hybridized carbons (Fsp3) is 0.0833. The van der Waals surface area contributed by atoms with Gasteiger partial charge in [-0.05, 0) is 34.7 Å². The van der Waals surface area contributed by atoms with Crippen molar-refractivity contribution < 1.29 is 22.7 Å². The third kappa shape index (κ3) is 3.10. The zero-order chi connectivity index (χ0) is 13.2. The predicted molar refractivity (Wildman–Crippen MR) is 61.8 cm³/mol. The van der Waals surface area contributed by atoms with Crippen LogP contribution in [0.15, 0.2) is 35.7 Å². The molecule has 0 aliphatic heterocycles. The second-order valence-corrected chi connectivity index (χ2v) is 4.37. The molecule has 1 heterocycles. The Hall–Kier alpha value is -1.82. The highest BCUT2D eigenvalue weighted by Gasteiger charge is 2.30. The lowest BCUT2D eigenvalue weighted by molar-refractivity contribution is -0.274. The van der Waals surface area contributed by atoms with E-state index in [0.717, 1.165) is 17.4 Å². The molecule has 0 fully saturated rings. The van der Waals surface area contributed by atoms with E-state index >= 15 is 0 Å². The molecule has 0 radical (unpaired) electrons. The second kappa shape index (κ2) is 4.81. The summed E-state index contributed by atoms with van der Waals surface area (Å²) in [6.07, 6.45) is -3.95. The fourth-order valence-electron chi connectivity index (χ4n) is 1.42. The lowest BCUT2D eigenvalue weighted by Gasteiger charge is -2.08. The van der Waals surface area contributed by atoms with Crippen LogP contribution in [-0.4, -0.2) is 12.6 Å². The topological polar surface area (TPSA) is 26.3 Å². The maximum atomic E-state index is 12.0. The maximum Gasteiger partial charge on any atom is 0.573 e. The SMILES string of the molecule is O=Cc1cc(-c2ccc(OC(F)(F)F)cc2)cs1. The number of alkyl halides is 3. The van der Waals surface area contributed by atoms with E-state index < -0.39 is 6.36 Å². The van der Waals surface area contributed by atoms with Crippen LogP contribution >= 0.6 is 11.3 Å². The van der Waals surface area contributed by atoms with E-state index in [0.29, 0.717) is 4.88 Å². The molecule has 0 aliphatic rings. The van der Waals surface area contributed by atoms with Crippen LogP contribution in [-0.2, 0) is 0 Å².